The van der Waals surface area contributed by atoms with Crippen LogP contribution in [0.25, 0.3) is 0 Å². The van der Waals surface area contributed by atoms with Crippen LogP contribution in [-0.4, -0.2) is 17.1 Å². The van der Waals surface area contributed by atoms with Crippen molar-refractivity contribution < 1.29 is 4.74 Å². The summed E-state index contributed by atoms with van der Waals surface area (Å²) in [5, 5.41) is 3.08. The second-order valence-electron chi connectivity index (χ2n) is 6.27. The van der Waals surface area contributed by atoms with Crippen molar-refractivity contribution in [2.75, 3.05) is 11.9 Å². The summed E-state index contributed by atoms with van der Waals surface area (Å²) in [5.41, 5.74) is 6.80. The molecule has 1 heterocycles. The van der Waals surface area contributed by atoms with E-state index >= 15 is 0 Å². The van der Waals surface area contributed by atoms with Crippen LogP contribution in [0.4, 0.5) is 5.69 Å². The lowest BCUT2D eigenvalue weighted by molar-refractivity contribution is 0.483. The quantitative estimate of drug-likeness (QED) is 0.355. The molecule has 0 amide bonds. The zero-order valence-electron chi connectivity index (χ0n) is 15.6. The second kappa shape index (κ2) is 9.97. The van der Waals surface area contributed by atoms with E-state index in [1.807, 2.05) is 60.7 Å². The molecule has 3 aromatic rings. The zero-order chi connectivity index (χ0) is 19.6. The predicted molar refractivity (Wildman–Crippen MR) is 113 cm³/mol. The summed E-state index contributed by atoms with van der Waals surface area (Å²) in [6.07, 6.45) is 3.51. The van der Waals surface area contributed by atoms with Crippen LogP contribution in [0.5, 0.6) is 11.5 Å². The van der Waals surface area contributed by atoms with E-state index in [0.717, 1.165) is 30.0 Å². The van der Waals surface area contributed by atoms with E-state index in [9.17, 15) is 4.79 Å². The average Bonchev–Trinajstić information content (AvgIpc) is 2.70. The molecule has 2 aromatic carbocycles. The third-order valence-electron chi connectivity index (χ3n) is 4.07. The highest BCUT2D eigenvalue weighted by atomic mass is 16.5. The first-order valence-corrected chi connectivity index (χ1v) is 9.26. The van der Waals surface area contributed by atoms with Gasteiger partial charge in [-0.25, -0.2) is 0 Å². The number of guanidine groups is 1. The molecule has 6 nitrogen and oxygen atoms in total. The van der Waals surface area contributed by atoms with E-state index in [1.165, 1.54) is 0 Å². The summed E-state index contributed by atoms with van der Waals surface area (Å²) in [7, 11) is 0. The monoisotopic (exact) mass is 376 g/mol. The van der Waals surface area contributed by atoms with E-state index in [2.05, 4.69) is 10.3 Å². The van der Waals surface area contributed by atoms with E-state index in [4.69, 9.17) is 10.5 Å². The van der Waals surface area contributed by atoms with Crippen LogP contribution in [0.3, 0.4) is 0 Å². The van der Waals surface area contributed by atoms with Crippen molar-refractivity contribution in [3.05, 3.63) is 89.3 Å². The Bertz CT molecular complexity index is 967. The van der Waals surface area contributed by atoms with Gasteiger partial charge in [-0.15, -0.1) is 0 Å². The molecule has 3 rings (SSSR count). The third kappa shape index (κ3) is 6.02. The second-order valence-corrected chi connectivity index (χ2v) is 6.27. The molecule has 0 fully saturated rings. The van der Waals surface area contributed by atoms with Crippen LogP contribution in [-0.2, 0) is 6.54 Å². The number of aromatic nitrogens is 1. The van der Waals surface area contributed by atoms with Crippen molar-refractivity contribution in [3.8, 4) is 11.5 Å². The minimum Gasteiger partial charge on any atom is -0.457 e. The maximum absolute atomic E-state index is 11.6. The number of benzene rings is 2. The molecule has 6 heteroatoms. The fourth-order valence-corrected chi connectivity index (χ4v) is 2.69. The van der Waals surface area contributed by atoms with Gasteiger partial charge in [-0.3, -0.25) is 9.79 Å². The first-order chi connectivity index (χ1) is 13.7. The molecule has 144 valence electrons. The minimum atomic E-state index is 0.0183. The summed E-state index contributed by atoms with van der Waals surface area (Å²) in [5.74, 6) is 1.85. The summed E-state index contributed by atoms with van der Waals surface area (Å²) < 4.78 is 7.51. The van der Waals surface area contributed by atoms with E-state index in [0.29, 0.717) is 19.0 Å². The van der Waals surface area contributed by atoms with E-state index < -0.39 is 0 Å². The zero-order valence-corrected chi connectivity index (χ0v) is 15.6. The standard InChI is InChI=1S/C22H24N4O2/c23-22(24-14-5-7-16-26-15-6-4-13-21(26)27)25-18-9-8-12-20(17-18)28-19-10-2-1-3-11-19/h1-4,6,8-13,15,17H,5,7,14,16H2,(H3,23,24,25). The van der Waals surface area contributed by atoms with E-state index in [1.54, 1.807) is 22.9 Å². The summed E-state index contributed by atoms with van der Waals surface area (Å²) in [6, 6.07) is 22.3. The largest absolute Gasteiger partial charge is 0.457 e. The number of ether oxygens (including phenoxy) is 1. The first-order valence-electron chi connectivity index (χ1n) is 9.26. The fraction of sp³-hybridized carbons (Fsp3) is 0.182. The SMILES string of the molecule is NC(=NCCCCn1ccccc1=O)Nc1cccc(Oc2ccccc2)c1. The lowest BCUT2D eigenvalue weighted by Gasteiger charge is -2.09. The molecule has 3 N–H and O–H groups in total. The maximum atomic E-state index is 11.6. The molecular weight excluding hydrogens is 352 g/mol. The molecule has 0 aliphatic heterocycles. The highest BCUT2D eigenvalue weighted by molar-refractivity contribution is 5.92. The molecule has 0 saturated carbocycles. The normalized spacial score (nSPS) is 11.2. The number of rotatable bonds is 8. The Morgan fingerprint density at radius 3 is 2.57 bits per heavy atom. The van der Waals surface area contributed by atoms with Gasteiger partial charge in [-0.05, 0) is 43.2 Å². The number of aryl methyl sites for hydroxylation is 1. The number of hydrogen-bond donors (Lipinski definition) is 2. The van der Waals surface area contributed by atoms with Crippen molar-refractivity contribution in [1.82, 2.24) is 4.57 Å². The Morgan fingerprint density at radius 1 is 0.964 bits per heavy atom. The van der Waals surface area contributed by atoms with Gasteiger partial charge in [0.2, 0.25) is 5.56 Å². The Labute approximate surface area is 164 Å². The van der Waals surface area contributed by atoms with Crippen molar-refractivity contribution in [3.63, 3.8) is 0 Å². The fourth-order valence-electron chi connectivity index (χ4n) is 2.69. The highest BCUT2D eigenvalue weighted by Gasteiger charge is 2.00. The van der Waals surface area contributed by atoms with Crippen molar-refractivity contribution in [1.29, 1.82) is 0 Å². The number of aliphatic imine (C=N–C) groups is 1. The molecule has 0 bridgehead atoms. The number of para-hydroxylation sites is 1. The summed E-state index contributed by atoms with van der Waals surface area (Å²) in [6.45, 7) is 1.28. The maximum Gasteiger partial charge on any atom is 0.250 e. The van der Waals surface area contributed by atoms with Gasteiger partial charge in [0.1, 0.15) is 11.5 Å². The predicted octanol–water partition coefficient (Wildman–Crippen LogP) is 3.85. The molecule has 0 radical (unpaired) electrons. The number of pyridine rings is 1. The van der Waals surface area contributed by atoms with Gasteiger partial charge in [0.05, 0.1) is 0 Å². The van der Waals surface area contributed by atoms with Gasteiger partial charge >= 0.3 is 0 Å². The number of nitrogens with two attached hydrogens (primary N) is 1. The molecular formula is C22H24N4O2. The van der Waals surface area contributed by atoms with Crippen LogP contribution in [0.15, 0.2) is 88.8 Å². The number of unbranched alkanes of at least 4 members (excludes halogenated alkanes) is 1. The lowest BCUT2D eigenvalue weighted by Crippen LogP contribution is -2.23. The number of nitrogens with zero attached hydrogens (tertiary/aromatic N) is 2. The van der Waals surface area contributed by atoms with Gasteiger partial charge in [0, 0.05) is 37.1 Å². The van der Waals surface area contributed by atoms with Crippen LogP contribution >= 0.6 is 0 Å². The first kappa shape index (κ1) is 19.2. The van der Waals surface area contributed by atoms with Gasteiger partial charge < -0.3 is 20.4 Å². The van der Waals surface area contributed by atoms with Crippen LogP contribution in [0, 0.1) is 0 Å². The van der Waals surface area contributed by atoms with Crippen LogP contribution < -0.4 is 21.3 Å². The molecule has 0 atom stereocenters. The lowest BCUT2D eigenvalue weighted by atomic mass is 10.3. The number of hydrogen-bond acceptors (Lipinski definition) is 3. The molecule has 0 unspecified atom stereocenters. The molecule has 0 spiro atoms. The number of nitrogens with one attached hydrogen (secondary N) is 1. The van der Waals surface area contributed by atoms with Crippen LogP contribution in [0.2, 0.25) is 0 Å². The molecule has 1 aromatic heterocycles. The van der Waals surface area contributed by atoms with E-state index in [-0.39, 0.29) is 5.56 Å². The van der Waals surface area contributed by atoms with Gasteiger partial charge in [-0.2, -0.15) is 0 Å². The molecule has 28 heavy (non-hydrogen) atoms. The highest BCUT2D eigenvalue weighted by Crippen LogP contribution is 2.23. The topological polar surface area (TPSA) is 81.6 Å². The van der Waals surface area contributed by atoms with Gasteiger partial charge in [0.25, 0.3) is 0 Å². The van der Waals surface area contributed by atoms with Crippen molar-refractivity contribution in [2.24, 2.45) is 10.7 Å². The Balaban J connectivity index is 1.46. The van der Waals surface area contributed by atoms with Crippen LogP contribution in [0.1, 0.15) is 12.8 Å². The van der Waals surface area contributed by atoms with Crippen molar-refractivity contribution >= 4 is 11.6 Å². The average molecular weight is 376 g/mol. The molecule has 0 aliphatic carbocycles. The Morgan fingerprint density at radius 2 is 1.75 bits per heavy atom. The minimum absolute atomic E-state index is 0.0183. The van der Waals surface area contributed by atoms with Gasteiger partial charge in [0.15, 0.2) is 5.96 Å². The Hall–Kier alpha value is -3.54. The summed E-state index contributed by atoms with van der Waals surface area (Å²) in [4.78, 5) is 16.0. The molecule has 0 saturated heterocycles. The van der Waals surface area contributed by atoms with Crippen molar-refractivity contribution in [2.45, 2.75) is 19.4 Å². The Kier molecular flexibility index (Phi) is 6.84. The smallest absolute Gasteiger partial charge is 0.250 e. The number of anilines is 1. The molecule has 0 aliphatic rings. The van der Waals surface area contributed by atoms with Gasteiger partial charge in [-0.1, -0.05) is 30.3 Å². The summed E-state index contributed by atoms with van der Waals surface area (Å²) >= 11 is 0. The third-order valence-corrected chi connectivity index (χ3v) is 4.07.